The summed E-state index contributed by atoms with van der Waals surface area (Å²) in [6.45, 7) is 4.89. The molecular weight excluding hydrogens is 194 g/mol. The number of hydrogen-bond acceptors (Lipinski definition) is 1. The minimum atomic E-state index is 0.543. The SMILES string of the molecule is CC1(C)[C@H]2Cc3nc4c(cc3[C@@H]1C2)CCC4. The first-order chi connectivity index (χ1) is 7.66. The third kappa shape index (κ3) is 0.952. The van der Waals surface area contributed by atoms with E-state index in [4.69, 9.17) is 4.98 Å². The molecule has 1 aromatic rings. The number of pyridine rings is 1. The second kappa shape index (κ2) is 2.69. The Morgan fingerprint density at radius 2 is 2.12 bits per heavy atom. The predicted octanol–water partition coefficient (Wildman–Crippen LogP) is 3.26. The highest BCUT2D eigenvalue weighted by Gasteiger charge is 2.53. The summed E-state index contributed by atoms with van der Waals surface area (Å²) < 4.78 is 0. The Morgan fingerprint density at radius 1 is 1.25 bits per heavy atom. The Balaban J connectivity index is 1.88. The Kier molecular flexibility index (Phi) is 1.55. The average molecular weight is 213 g/mol. The summed E-state index contributed by atoms with van der Waals surface area (Å²) in [5, 5.41) is 0. The monoisotopic (exact) mass is 213 g/mol. The molecule has 2 atom stereocenters. The zero-order valence-corrected chi connectivity index (χ0v) is 10.2. The van der Waals surface area contributed by atoms with E-state index in [2.05, 4.69) is 19.9 Å². The maximum atomic E-state index is 4.94. The van der Waals surface area contributed by atoms with Crippen molar-refractivity contribution in [3.8, 4) is 0 Å². The fourth-order valence-electron chi connectivity index (χ4n) is 4.12. The van der Waals surface area contributed by atoms with E-state index in [1.54, 1.807) is 11.1 Å². The summed E-state index contributed by atoms with van der Waals surface area (Å²) in [7, 11) is 0. The second-order valence-corrected chi connectivity index (χ2v) is 6.49. The highest BCUT2D eigenvalue weighted by atomic mass is 14.8. The maximum absolute atomic E-state index is 4.94. The highest BCUT2D eigenvalue weighted by Crippen LogP contribution is 2.62. The normalized spacial score (nSPS) is 32.9. The molecule has 16 heavy (non-hydrogen) atoms. The van der Waals surface area contributed by atoms with Crippen molar-refractivity contribution in [1.29, 1.82) is 0 Å². The third-order valence-electron chi connectivity index (χ3n) is 5.45. The lowest BCUT2D eigenvalue weighted by Crippen LogP contribution is -2.48. The van der Waals surface area contributed by atoms with E-state index in [1.807, 2.05) is 0 Å². The van der Waals surface area contributed by atoms with Crippen LogP contribution in [0, 0.1) is 11.3 Å². The van der Waals surface area contributed by atoms with E-state index in [0.29, 0.717) is 5.41 Å². The van der Waals surface area contributed by atoms with Crippen LogP contribution in [0.25, 0.3) is 0 Å². The third-order valence-corrected chi connectivity index (χ3v) is 5.45. The molecule has 4 aliphatic rings. The zero-order chi connectivity index (χ0) is 10.9. The highest BCUT2D eigenvalue weighted by molar-refractivity contribution is 5.41. The lowest BCUT2D eigenvalue weighted by Gasteiger charge is -2.56. The first-order valence-corrected chi connectivity index (χ1v) is 6.68. The molecule has 1 aromatic heterocycles. The van der Waals surface area contributed by atoms with Crippen LogP contribution < -0.4 is 0 Å². The van der Waals surface area contributed by atoms with Gasteiger partial charge >= 0.3 is 0 Å². The van der Waals surface area contributed by atoms with Gasteiger partial charge in [-0.25, -0.2) is 0 Å². The topological polar surface area (TPSA) is 12.9 Å². The zero-order valence-electron chi connectivity index (χ0n) is 10.2. The number of hydrogen-bond donors (Lipinski definition) is 0. The van der Waals surface area contributed by atoms with Crippen LogP contribution >= 0.6 is 0 Å². The first kappa shape index (κ1) is 9.21. The predicted molar refractivity (Wildman–Crippen MR) is 64.6 cm³/mol. The van der Waals surface area contributed by atoms with Gasteiger partial charge in [-0.3, -0.25) is 4.98 Å². The summed E-state index contributed by atoms with van der Waals surface area (Å²) in [6.07, 6.45) is 6.48. The van der Waals surface area contributed by atoms with Gasteiger partial charge in [0.1, 0.15) is 0 Å². The van der Waals surface area contributed by atoms with Gasteiger partial charge in [0.2, 0.25) is 0 Å². The molecular formula is C15H19N. The van der Waals surface area contributed by atoms with Gasteiger partial charge in [-0.2, -0.15) is 0 Å². The van der Waals surface area contributed by atoms with Gasteiger partial charge in [0, 0.05) is 11.4 Å². The number of nitrogens with zero attached hydrogens (tertiary/aromatic N) is 1. The summed E-state index contributed by atoms with van der Waals surface area (Å²) in [5.41, 5.74) is 6.56. The summed E-state index contributed by atoms with van der Waals surface area (Å²) in [5.74, 6) is 1.71. The molecule has 0 N–H and O–H groups in total. The van der Waals surface area contributed by atoms with Gasteiger partial charge in [-0.05, 0) is 60.5 Å². The minimum Gasteiger partial charge on any atom is -0.257 e. The Hall–Kier alpha value is -0.850. The summed E-state index contributed by atoms with van der Waals surface area (Å²) in [6, 6.07) is 2.51. The van der Waals surface area contributed by atoms with Crippen molar-refractivity contribution in [3.63, 3.8) is 0 Å². The molecule has 1 heterocycles. The summed E-state index contributed by atoms with van der Waals surface area (Å²) in [4.78, 5) is 4.94. The van der Waals surface area contributed by atoms with Crippen molar-refractivity contribution >= 4 is 0 Å². The lowest BCUT2D eigenvalue weighted by atomic mass is 9.48. The van der Waals surface area contributed by atoms with Crippen LogP contribution in [0.5, 0.6) is 0 Å². The maximum Gasteiger partial charge on any atom is 0.0445 e. The number of fused-ring (bicyclic) bond motifs is 1. The number of aryl methyl sites for hydroxylation is 2. The van der Waals surface area contributed by atoms with E-state index in [0.717, 1.165) is 11.8 Å². The van der Waals surface area contributed by atoms with Crippen molar-refractivity contribution < 1.29 is 0 Å². The molecule has 0 unspecified atom stereocenters. The molecule has 1 heteroatoms. The van der Waals surface area contributed by atoms with Crippen LogP contribution in [0.3, 0.4) is 0 Å². The second-order valence-electron chi connectivity index (χ2n) is 6.49. The fourth-order valence-corrected chi connectivity index (χ4v) is 4.12. The standard InChI is InChI=1S/C15H19N/c1-15(2)10-7-12(15)11-6-9-4-3-5-13(9)16-14(11)8-10/h6,10,12H,3-5,7-8H2,1-2H3/t10-,12+/m1/s1. The molecule has 0 aromatic carbocycles. The quantitative estimate of drug-likeness (QED) is 0.644. The van der Waals surface area contributed by atoms with Crippen LogP contribution in [-0.2, 0) is 19.3 Å². The lowest BCUT2D eigenvalue weighted by molar-refractivity contribution is 0.0168. The molecule has 0 radical (unpaired) electrons. The molecule has 1 nitrogen and oxygen atoms in total. The van der Waals surface area contributed by atoms with Gasteiger partial charge in [-0.1, -0.05) is 19.9 Å². The van der Waals surface area contributed by atoms with Crippen LogP contribution in [-0.4, -0.2) is 4.98 Å². The van der Waals surface area contributed by atoms with Crippen LogP contribution in [0.15, 0.2) is 6.07 Å². The van der Waals surface area contributed by atoms with Crippen molar-refractivity contribution in [2.45, 2.75) is 51.9 Å². The van der Waals surface area contributed by atoms with E-state index in [1.165, 1.54) is 43.5 Å². The van der Waals surface area contributed by atoms with Gasteiger partial charge in [-0.15, -0.1) is 0 Å². The van der Waals surface area contributed by atoms with Gasteiger partial charge in [0.15, 0.2) is 0 Å². The Bertz CT molecular complexity index is 473. The largest absolute Gasteiger partial charge is 0.257 e. The number of rotatable bonds is 0. The molecule has 1 saturated carbocycles. The van der Waals surface area contributed by atoms with E-state index in [-0.39, 0.29) is 0 Å². The molecule has 2 bridgehead atoms. The molecule has 0 spiro atoms. The average Bonchev–Trinajstić information content (AvgIpc) is 2.71. The minimum absolute atomic E-state index is 0.543. The van der Waals surface area contributed by atoms with Crippen LogP contribution in [0.4, 0.5) is 0 Å². The Labute approximate surface area is 97.3 Å². The first-order valence-electron chi connectivity index (χ1n) is 6.68. The van der Waals surface area contributed by atoms with Gasteiger partial charge < -0.3 is 0 Å². The van der Waals surface area contributed by atoms with Crippen LogP contribution in [0.2, 0.25) is 0 Å². The molecule has 84 valence electrons. The molecule has 0 amide bonds. The fraction of sp³-hybridized carbons (Fsp3) is 0.667. The molecule has 5 rings (SSSR count). The van der Waals surface area contributed by atoms with E-state index in [9.17, 15) is 0 Å². The van der Waals surface area contributed by atoms with Crippen molar-refractivity contribution in [2.24, 2.45) is 11.3 Å². The summed E-state index contributed by atoms with van der Waals surface area (Å²) >= 11 is 0. The van der Waals surface area contributed by atoms with E-state index >= 15 is 0 Å². The van der Waals surface area contributed by atoms with Crippen molar-refractivity contribution in [1.82, 2.24) is 4.98 Å². The molecule has 4 aliphatic carbocycles. The Morgan fingerprint density at radius 3 is 2.94 bits per heavy atom. The van der Waals surface area contributed by atoms with Crippen molar-refractivity contribution in [3.05, 3.63) is 28.6 Å². The molecule has 0 saturated heterocycles. The van der Waals surface area contributed by atoms with Crippen molar-refractivity contribution in [2.75, 3.05) is 0 Å². The molecule has 1 fully saturated rings. The van der Waals surface area contributed by atoms with Gasteiger partial charge in [0.05, 0.1) is 0 Å². The van der Waals surface area contributed by atoms with Gasteiger partial charge in [0.25, 0.3) is 0 Å². The van der Waals surface area contributed by atoms with Crippen LogP contribution in [0.1, 0.15) is 55.1 Å². The number of aromatic nitrogens is 1. The van der Waals surface area contributed by atoms with E-state index < -0.39 is 0 Å². The molecule has 0 aliphatic heterocycles. The smallest absolute Gasteiger partial charge is 0.0445 e.